The summed E-state index contributed by atoms with van der Waals surface area (Å²) in [5.41, 5.74) is -0.417. The van der Waals surface area contributed by atoms with Gasteiger partial charge in [-0.15, -0.1) is 0 Å². The highest BCUT2D eigenvalue weighted by Gasteiger charge is 2.27. The molecule has 0 amide bonds. The van der Waals surface area contributed by atoms with Gasteiger partial charge >= 0.3 is 0 Å². The van der Waals surface area contributed by atoms with E-state index < -0.39 is 63.7 Å². The Kier molecular flexibility index (Phi) is 8.42. The molecule has 0 bridgehead atoms. The second-order valence-electron chi connectivity index (χ2n) is 9.18. The monoisotopic (exact) mass is 526 g/mol. The van der Waals surface area contributed by atoms with Crippen molar-refractivity contribution in [1.29, 1.82) is 0 Å². The van der Waals surface area contributed by atoms with Crippen LogP contribution < -0.4 is 4.74 Å². The molecule has 37 heavy (non-hydrogen) atoms. The van der Waals surface area contributed by atoms with E-state index in [0.29, 0.717) is 37.0 Å². The van der Waals surface area contributed by atoms with Gasteiger partial charge in [0.2, 0.25) is 0 Å². The van der Waals surface area contributed by atoms with Crippen LogP contribution in [0.25, 0.3) is 11.1 Å². The minimum atomic E-state index is -1.73. The summed E-state index contributed by atoms with van der Waals surface area (Å²) in [4.78, 5) is 0. The van der Waals surface area contributed by atoms with E-state index in [2.05, 4.69) is 0 Å². The summed E-state index contributed by atoms with van der Waals surface area (Å²) >= 11 is 0. The highest BCUT2D eigenvalue weighted by Crippen LogP contribution is 2.36. The van der Waals surface area contributed by atoms with Crippen molar-refractivity contribution < 1.29 is 40.2 Å². The van der Waals surface area contributed by atoms with Crippen LogP contribution in [0.2, 0.25) is 0 Å². The van der Waals surface area contributed by atoms with Gasteiger partial charge < -0.3 is 9.47 Å². The number of ether oxygens (including phenoxy) is 2. The van der Waals surface area contributed by atoms with E-state index >= 15 is 0 Å². The third kappa shape index (κ3) is 6.09. The Morgan fingerprint density at radius 1 is 0.784 bits per heavy atom. The molecule has 1 fully saturated rings. The van der Waals surface area contributed by atoms with Crippen LogP contribution >= 0.6 is 0 Å². The van der Waals surface area contributed by atoms with Crippen LogP contribution in [0.1, 0.15) is 49.8 Å². The normalized spacial score (nSPS) is 17.7. The van der Waals surface area contributed by atoms with Crippen LogP contribution in [-0.2, 0) is 11.2 Å². The van der Waals surface area contributed by atoms with Crippen LogP contribution in [0.5, 0.6) is 5.75 Å². The van der Waals surface area contributed by atoms with Gasteiger partial charge in [-0.2, -0.15) is 0 Å². The molecule has 0 N–H and O–H groups in total. The van der Waals surface area contributed by atoms with Crippen LogP contribution in [0, 0.1) is 46.6 Å². The molecule has 1 saturated heterocycles. The zero-order valence-corrected chi connectivity index (χ0v) is 20.0. The highest BCUT2D eigenvalue weighted by atomic mass is 19.2. The van der Waals surface area contributed by atoms with Crippen molar-refractivity contribution in [3.05, 3.63) is 88.2 Å². The Bertz CT molecular complexity index is 1200. The predicted octanol–water partition coefficient (Wildman–Crippen LogP) is 8.22. The molecule has 0 aliphatic carbocycles. The summed E-state index contributed by atoms with van der Waals surface area (Å²) in [6.45, 7) is 2.11. The summed E-state index contributed by atoms with van der Waals surface area (Å²) in [7, 11) is 0. The minimum absolute atomic E-state index is 0.00176. The second kappa shape index (κ2) is 11.5. The Labute approximate surface area is 210 Å². The first-order valence-corrected chi connectivity index (χ1v) is 12.0. The molecule has 0 radical (unpaired) electrons. The third-order valence-corrected chi connectivity index (χ3v) is 6.42. The zero-order chi connectivity index (χ0) is 26.7. The lowest BCUT2D eigenvalue weighted by molar-refractivity contribution is -0.0294. The van der Waals surface area contributed by atoms with Gasteiger partial charge in [0.05, 0.1) is 24.9 Å². The Morgan fingerprint density at radius 2 is 1.41 bits per heavy atom. The lowest BCUT2D eigenvalue weighted by Crippen LogP contribution is -2.26. The fourth-order valence-corrected chi connectivity index (χ4v) is 4.43. The molecule has 1 heterocycles. The summed E-state index contributed by atoms with van der Waals surface area (Å²) in [6.07, 6.45) is 2.49. The van der Waals surface area contributed by atoms with Crippen molar-refractivity contribution in [2.24, 2.45) is 5.92 Å². The van der Waals surface area contributed by atoms with E-state index in [-0.39, 0.29) is 24.7 Å². The van der Waals surface area contributed by atoms with E-state index in [9.17, 15) is 30.7 Å². The van der Waals surface area contributed by atoms with E-state index in [0.717, 1.165) is 25.0 Å². The number of hydrogen-bond donors (Lipinski definition) is 0. The van der Waals surface area contributed by atoms with Crippen molar-refractivity contribution in [2.45, 2.75) is 45.1 Å². The van der Waals surface area contributed by atoms with Gasteiger partial charge in [-0.25, -0.2) is 30.7 Å². The van der Waals surface area contributed by atoms with E-state index in [1.165, 1.54) is 12.1 Å². The van der Waals surface area contributed by atoms with Gasteiger partial charge in [-0.1, -0.05) is 13.3 Å². The number of hydrogen-bond acceptors (Lipinski definition) is 2. The lowest BCUT2D eigenvalue weighted by Gasteiger charge is -2.29. The fourth-order valence-electron chi connectivity index (χ4n) is 4.43. The molecule has 2 unspecified atom stereocenters. The van der Waals surface area contributed by atoms with Crippen LogP contribution in [0.3, 0.4) is 0 Å². The molecule has 1 aliphatic rings. The van der Waals surface area contributed by atoms with Crippen molar-refractivity contribution in [3.8, 4) is 16.9 Å². The third-order valence-electron chi connectivity index (χ3n) is 6.42. The Hall–Kier alpha value is -3.07. The van der Waals surface area contributed by atoms with Gasteiger partial charge in [0.1, 0.15) is 11.6 Å². The molecular weight excluding hydrogens is 501 g/mol. The van der Waals surface area contributed by atoms with Gasteiger partial charge in [0.15, 0.2) is 34.8 Å². The Morgan fingerprint density at radius 3 is 1.95 bits per heavy atom. The molecule has 0 spiro atoms. The maximum Gasteiger partial charge on any atom is 0.194 e. The quantitative estimate of drug-likeness (QED) is 0.218. The summed E-state index contributed by atoms with van der Waals surface area (Å²) in [5.74, 6) is -9.21. The molecule has 0 aromatic heterocycles. The van der Waals surface area contributed by atoms with Crippen LogP contribution in [0.4, 0.5) is 30.7 Å². The second-order valence-corrected chi connectivity index (χ2v) is 9.18. The first-order chi connectivity index (χ1) is 17.7. The summed E-state index contributed by atoms with van der Waals surface area (Å²) < 4.78 is 110. The molecule has 2 nitrogen and oxygen atoms in total. The number of benzene rings is 3. The molecule has 198 valence electrons. The largest absolute Gasteiger partial charge is 0.487 e. The highest BCUT2D eigenvalue weighted by molar-refractivity contribution is 5.65. The Balaban J connectivity index is 1.39. The summed E-state index contributed by atoms with van der Waals surface area (Å²) in [5, 5.41) is 0. The number of aryl methyl sites for hydroxylation is 1. The topological polar surface area (TPSA) is 18.5 Å². The number of halogens is 7. The van der Waals surface area contributed by atoms with Gasteiger partial charge in [-0.05, 0) is 78.8 Å². The van der Waals surface area contributed by atoms with Gasteiger partial charge in [0, 0.05) is 5.92 Å². The first kappa shape index (κ1) is 27.0. The van der Waals surface area contributed by atoms with Crippen molar-refractivity contribution >= 4 is 0 Å². The first-order valence-electron chi connectivity index (χ1n) is 12.0. The minimum Gasteiger partial charge on any atom is -0.487 e. The maximum atomic E-state index is 14.7. The molecule has 9 heteroatoms. The molecule has 2 atom stereocenters. The molecule has 0 saturated carbocycles. The van der Waals surface area contributed by atoms with Crippen LogP contribution in [-0.4, -0.2) is 13.2 Å². The predicted molar refractivity (Wildman–Crippen MR) is 124 cm³/mol. The molecule has 4 rings (SSSR count). The SMILES string of the molecule is CCCCc1cc(F)c(OCC2CCC(c3cc(F)c(-c4cc(F)c(F)c(F)c4)c(F)c3)OC2)c(F)c1. The fraction of sp³-hybridized carbons (Fsp3) is 0.357. The number of rotatable bonds is 8. The van der Waals surface area contributed by atoms with Crippen molar-refractivity contribution in [2.75, 3.05) is 13.2 Å². The van der Waals surface area contributed by atoms with Gasteiger partial charge in [-0.3, -0.25) is 0 Å². The summed E-state index contributed by atoms with van der Waals surface area (Å²) in [6, 6.07) is 5.58. The van der Waals surface area contributed by atoms with Crippen molar-refractivity contribution in [1.82, 2.24) is 0 Å². The van der Waals surface area contributed by atoms with E-state index in [1.807, 2.05) is 6.92 Å². The molecule has 3 aromatic rings. The standard InChI is InChI=1S/C28H25F7O2/c1-2-3-4-15-7-23(33)28(24(34)8-15)37-14-16-5-6-25(36-13-16)17-9-19(29)26(20(30)10-17)18-11-21(31)27(35)22(32)12-18/h7-12,16,25H,2-6,13-14H2,1H3. The van der Waals surface area contributed by atoms with Crippen molar-refractivity contribution in [3.63, 3.8) is 0 Å². The smallest absolute Gasteiger partial charge is 0.194 e. The number of unbranched alkanes of at least 4 members (excludes halogenated alkanes) is 1. The van der Waals surface area contributed by atoms with Gasteiger partial charge in [0.25, 0.3) is 0 Å². The van der Waals surface area contributed by atoms with E-state index in [4.69, 9.17) is 9.47 Å². The van der Waals surface area contributed by atoms with E-state index in [1.54, 1.807) is 0 Å². The maximum absolute atomic E-state index is 14.7. The molecule has 1 aliphatic heterocycles. The lowest BCUT2D eigenvalue weighted by atomic mass is 9.93. The zero-order valence-electron chi connectivity index (χ0n) is 20.0. The average Bonchev–Trinajstić information content (AvgIpc) is 2.85. The van der Waals surface area contributed by atoms with Crippen LogP contribution in [0.15, 0.2) is 36.4 Å². The molecular formula is C28H25F7O2. The average molecular weight is 526 g/mol. The molecule has 3 aromatic carbocycles.